The summed E-state index contributed by atoms with van der Waals surface area (Å²) in [7, 11) is 3.96. The third-order valence-electron chi connectivity index (χ3n) is 4.20. The third-order valence-corrected chi connectivity index (χ3v) is 4.20. The second-order valence-corrected chi connectivity index (χ2v) is 7.04. The Morgan fingerprint density at radius 2 is 1.77 bits per heavy atom. The van der Waals surface area contributed by atoms with Gasteiger partial charge < -0.3 is 25.6 Å². The summed E-state index contributed by atoms with van der Waals surface area (Å²) in [5.74, 6) is 1.50. The fourth-order valence-corrected chi connectivity index (χ4v) is 2.67. The molecule has 0 bridgehead atoms. The van der Waals surface area contributed by atoms with Gasteiger partial charge in [-0.25, -0.2) is 4.99 Å². The van der Waals surface area contributed by atoms with Crippen LogP contribution in [0.5, 0.6) is 5.75 Å². The van der Waals surface area contributed by atoms with Gasteiger partial charge in [-0.15, -0.1) is 24.0 Å². The fourth-order valence-electron chi connectivity index (χ4n) is 2.67. The molecule has 31 heavy (non-hydrogen) atoms. The van der Waals surface area contributed by atoms with Gasteiger partial charge in [0.05, 0.1) is 13.1 Å². The van der Waals surface area contributed by atoms with Crippen LogP contribution in [-0.4, -0.2) is 63.6 Å². The second kappa shape index (κ2) is 15.5. The van der Waals surface area contributed by atoms with Gasteiger partial charge in [0.15, 0.2) is 5.96 Å². The number of hydrogen-bond donors (Lipinski definition) is 3. The van der Waals surface area contributed by atoms with E-state index in [1.54, 1.807) is 0 Å². The van der Waals surface area contributed by atoms with Gasteiger partial charge in [-0.3, -0.25) is 4.79 Å². The number of carbonyl (C=O) groups is 1. The maximum atomic E-state index is 12.3. The Hall–Kier alpha value is -2.33. The maximum absolute atomic E-state index is 12.3. The molecule has 0 fully saturated rings. The van der Waals surface area contributed by atoms with Crippen LogP contribution in [0.4, 0.5) is 0 Å². The first-order chi connectivity index (χ1) is 14.6. The van der Waals surface area contributed by atoms with Crippen LogP contribution in [0.3, 0.4) is 0 Å². The van der Waals surface area contributed by atoms with E-state index in [0.29, 0.717) is 31.8 Å². The fraction of sp³-hybridized carbons (Fsp3) is 0.391. The molecule has 170 valence electrons. The maximum Gasteiger partial charge on any atom is 0.251 e. The van der Waals surface area contributed by atoms with Crippen LogP contribution in [-0.2, 0) is 6.54 Å². The Kier molecular flexibility index (Phi) is 13.3. The number of hydrogen-bond acceptors (Lipinski definition) is 4. The topological polar surface area (TPSA) is 78.0 Å². The molecule has 1 amide bonds. The molecule has 2 aromatic carbocycles. The van der Waals surface area contributed by atoms with E-state index in [4.69, 9.17) is 4.74 Å². The number of ether oxygens (including phenoxy) is 1. The quantitative estimate of drug-likeness (QED) is 0.177. The molecule has 0 unspecified atom stereocenters. The average molecular weight is 539 g/mol. The highest BCUT2D eigenvalue weighted by molar-refractivity contribution is 14.0. The second-order valence-electron chi connectivity index (χ2n) is 7.04. The Bertz CT molecular complexity index is 800. The van der Waals surface area contributed by atoms with Gasteiger partial charge >= 0.3 is 0 Å². The summed E-state index contributed by atoms with van der Waals surface area (Å²) in [6.07, 6.45) is 0. The van der Waals surface area contributed by atoms with Crippen molar-refractivity contribution in [3.05, 3.63) is 65.7 Å². The largest absolute Gasteiger partial charge is 0.492 e. The summed E-state index contributed by atoms with van der Waals surface area (Å²) in [6, 6.07) is 17.3. The Morgan fingerprint density at radius 3 is 2.48 bits per heavy atom. The molecular weight excluding hydrogens is 505 g/mol. The highest BCUT2D eigenvalue weighted by Crippen LogP contribution is 2.08. The van der Waals surface area contributed by atoms with Crippen molar-refractivity contribution in [3.8, 4) is 5.75 Å². The van der Waals surface area contributed by atoms with Crippen molar-refractivity contribution in [2.45, 2.75) is 13.5 Å². The number of carbonyl (C=O) groups excluding carboxylic acids is 1. The van der Waals surface area contributed by atoms with Crippen LogP contribution in [0, 0.1) is 0 Å². The zero-order valence-corrected chi connectivity index (χ0v) is 20.9. The smallest absolute Gasteiger partial charge is 0.251 e. The molecular formula is C23H34IN5O2. The van der Waals surface area contributed by atoms with E-state index in [1.807, 2.05) is 80.5 Å². The minimum atomic E-state index is -0.0641. The number of rotatable bonds is 11. The number of aliphatic imine (C=N–C) groups is 1. The summed E-state index contributed by atoms with van der Waals surface area (Å²) in [5.41, 5.74) is 1.63. The van der Waals surface area contributed by atoms with Crippen LogP contribution in [0.15, 0.2) is 59.6 Å². The van der Waals surface area contributed by atoms with Crippen molar-refractivity contribution in [2.75, 3.05) is 46.9 Å². The van der Waals surface area contributed by atoms with Crippen LogP contribution >= 0.6 is 24.0 Å². The van der Waals surface area contributed by atoms with Crippen molar-refractivity contribution in [3.63, 3.8) is 0 Å². The predicted molar refractivity (Wildman–Crippen MR) is 137 cm³/mol. The lowest BCUT2D eigenvalue weighted by atomic mass is 10.1. The van der Waals surface area contributed by atoms with Crippen LogP contribution in [0.2, 0.25) is 0 Å². The van der Waals surface area contributed by atoms with E-state index in [9.17, 15) is 4.79 Å². The normalized spacial score (nSPS) is 10.9. The van der Waals surface area contributed by atoms with Gasteiger partial charge in [0.2, 0.25) is 0 Å². The third kappa shape index (κ3) is 11.0. The van der Waals surface area contributed by atoms with Gasteiger partial charge in [-0.1, -0.05) is 30.3 Å². The Morgan fingerprint density at radius 1 is 1.00 bits per heavy atom. The first kappa shape index (κ1) is 26.7. The molecule has 8 heteroatoms. The molecule has 0 spiro atoms. The van der Waals surface area contributed by atoms with Crippen molar-refractivity contribution >= 4 is 35.8 Å². The molecule has 0 atom stereocenters. The highest BCUT2D eigenvalue weighted by Gasteiger charge is 2.06. The Balaban J connectivity index is 0.00000480. The lowest BCUT2D eigenvalue weighted by molar-refractivity contribution is 0.0951. The Labute approximate surface area is 202 Å². The van der Waals surface area contributed by atoms with E-state index in [0.717, 1.165) is 30.4 Å². The number of halogens is 1. The molecule has 0 aliphatic heterocycles. The molecule has 7 nitrogen and oxygen atoms in total. The van der Waals surface area contributed by atoms with Crippen molar-refractivity contribution in [1.82, 2.24) is 20.9 Å². The van der Waals surface area contributed by atoms with E-state index in [1.165, 1.54) is 0 Å². The van der Waals surface area contributed by atoms with Crippen molar-refractivity contribution < 1.29 is 9.53 Å². The number of nitrogens with zero attached hydrogens (tertiary/aromatic N) is 2. The summed E-state index contributed by atoms with van der Waals surface area (Å²) in [6.45, 7) is 5.87. The zero-order valence-electron chi connectivity index (χ0n) is 18.6. The number of nitrogens with one attached hydrogen (secondary N) is 3. The van der Waals surface area contributed by atoms with E-state index in [2.05, 4.69) is 20.9 Å². The van der Waals surface area contributed by atoms with Gasteiger partial charge in [0.25, 0.3) is 5.91 Å². The van der Waals surface area contributed by atoms with E-state index < -0.39 is 0 Å². The summed E-state index contributed by atoms with van der Waals surface area (Å²) in [4.78, 5) is 19.0. The monoisotopic (exact) mass is 539 g/mol. The number of para-hydroxylation sites is 1. The van der Waals surface area contributed by atoms with Crippen LogP contribution < -0.4 is 20.7 Å². The molecule has 0 heterocycles. The summed E-state index contributed by atoms with van der Waals surface area (Å²) < 4.78 is 5.69. The minimum Gasteiger partial charge on any atom is -0.492 e. The lowest BCUT2D eigenvalue weighted by Gasteiger charge is -2.12. The number of likely N-dealkylation sites (N-methyl/N-ethyl adjacent to an activating group) is 1. The number of guanidine groups is 1. The molecule has 2 aromatic rings. The lowest BCUT2D eigenvalue weighted by Crippen LogP contribution is -2.39. The standard InChI is InChI=1S/C23H33N5O2.HI/c1-4-24-23(26-14-16-30-21-11-6-5-7-12-21)27-18-19-9-8-10-20(17-19)22(29)25-13-15-28(2)3;/h5-12,17H,4,13-16,18H2,1-3H3,(H,25,29)(H2,24,26,27);1H. The van der Waals surface area contributed by atoms with Crippen molar-refractivity contribution in [1.29, 1.82) is 0 Å². The average Bonchev–Trinajstić information content (AvgIpc) is 2.75. The molecule has 2 rings (SSSR count). The summed E-state index contributed by atoms with van der Waals surface area (Å²) in [5, 5.41) is 9.43. The molecule has 3 N–H and O–H groups in total. The zero-order chi connectivity index (χ0) is 21.6. The van der Waals surface area contributed by atoms with Gasteiger partial charge in [0, 0.05) is 25.2 Å². The van der Waals surface area contributed by atoms with Crippen LogP contribution in [0.25, 0.3) is 0 Å². The summed E-state index contributed by atoms with van der Waals surface area (Å²) >= 11 is 0. The molecule has 0 saturated carbocycles. The van der Waals surface area contributed by atoms with Gasteiger partial charge in [0.1, 0.15) is 12.4 Å². The predicted octanol–water partition coefficient (Wildman–Crippen LogP) is 2.73. The molecule has 0 aliphatic carbocycles. The molecule has 0 aromatic heterocycles. The number of benzene rings is 2. The highest BCUT2D eigenvalue weighted by atomic mass is 127. The van der Waals surface area contributed by atoms with Gasteiger partial charge in [-0.05, 0) is 50.8 Å². The molecule has 0 saturated heterocycles. The number of amides is 1. The molecule has 0 aliphatic rings. The van der Waals surface area contributed by atoms with Crippen LogP contribution in [0.1, 0.15) is 22.8 Å². The SMILES string of the molecule is CCNC(=NCc1cccc(C(=O)NCCN(C)C)c1)NCCOc1ccccc1.I. The van der Waals surface area contributed by atoms with E-state index in [-0.39, 0.29) is 29.9 Å². The first-order valence-electron chi connectivity index (χ1n) is 10.3. The van der Waals surface area contributed by atoms with E-state index >= 15 is 0 Å². The minimum absolute atomic E-state index is 0. The van der Waals surface area contributed by atoms with Crippen molar-refractivity contribution in [2.24, 2.45) is 4.99 Å². The first-order valence-corrected chi connectivity index (χ1v) is 10.3. The molecule has 0 radical (unpaired) electrons. The van der Waals surface area contributed by atoms with Gasteiger partial charge in [-0.2, -0.15) is 0 Å².